The maximum Gasteiger partial charge on any atom is 0.337 e. The summed E-state index contributed by atoms with van der Waals surface area (Å²) in [6.07, 6.45) is 0.0825. The van der Waals surface area contributed by atoms with Crippen molar-refractivity contribution in [1.29, 1.82) is 0 Å². The number of fused-ring (bicyclic) bond motifs is 1. The van der Waals surface area contributed by atoms with E-state index in [0.717, 1.165) is 17.8 Å². The molecule has 0 saturated carbocycles. The molecule has 1 fully saturated rings. The molecule has 2 amide bonds. The molecular weight excluding hydrogens is 419 g/mol. The van der Waals surface area contributed by atoms with Crippen LogP contribution in [0.1, 0.15) is 11.8 Å². The van der Waals surface area contributed by atoms with Gasteiger partial charge in [-0.1, -0.05) is 6.07 Å². The largest absolute Gasteiger partial charge is 0.610 e. The first kappa shape index (κ1) is 21.2. The number of ether oxygens (including phenoxy) is 1. The van der Waals surface area contributed by atoms with Crippen molar-refractivity contribution in [2.75, 3.05) is 6.61 Å². The molecule has 3 rings (SSSR count). The summed E-state index contributed by atoms with van der Waals surface area (Å²) in [5.74, 6) is -2.47. The third-order valence-electron chi connectivity index (χ3n) is 4.40. The predicted molar refractivity (Wildman–Crippen MR) is 106 cm³/mol. The van der Waals surface area contributed by atoms with Crippen LogP contribution in [0.4, 0.5) is 0 Å². The number of amides is 2. The highest BCUT2D eigenvalue weighted by atomic mass is 32.2. The number of carbonyl (C=O) groups is 4. The molecule has 152 valence electrons. The van der Waals surface area contributed by atoms with Crippen molar-refractivity contribution in [3.8, 4) is 0 Å². The van der Waals surface area contributed by atoms with Crippen LogP contribution in [0, 0.1) is 0 Å². The van der Waals surface area contributed by atoms with Crippen molar-refractivity contribution < 1.29 is 33.1 Å². The van der Waals surface area contributed by atoms with Crippen LogP contribution < -0.4 is 5.32 Å². The van der Waals surface area contributed by atoms with Crippen molar-refractivity contribution in [2.24, 2.45) is 0 Å². The molecule has 3 heterocycles. The Labute approximate surface area is 174 Å². The van der Waals surface area contributed by atoms with Gasteiger partial charge in [-0.05, 0) is 18.0 Å². The van der Waals surface area contributed by atoms with E-state index in [4.69, 9.17) is 9.39 Å². The first-order chi connectivity index (χ1) is 13.8. The van der Waals surface area contributed by atoms with Crippen molar-refractivity contribution >= 4 is 54.3 Å². The summed E-state index contributed by atoms with van der Waals surface area (Å²) in [6, 6.07) is 2.54. The maximum atomic E-state index is 12.9. The molecule has 1 aromatic heterocycles. The Morgan fingerprint density at radius 1 is 1.45 bits per heavy atom. The maximum absolute atomic E-state index is 12.9. The Balaban J connectivity index is 1.85. The van der Waals surface area contributed by atoms with Gasteiger partial charge in [0.2, 0.25) is 11.3 Å². The number of carbonyl (C=O) groups excluding carboxylic acids is 4. The lowest BCUT2D eigenvalue weighted by Crippen LogP contribution is -2.74. The van der Waals surface area contributed by atoms with E-state index in [0.29, 0.717) is 0 Å². The van der Waals surface area contributed by atoms with Crippen LogP contribution in [-0.4, -0.2) is 59.3 Å². The zero-order chi connectivity index (χ0) is 21.3. The number of hydrogen-bond acceptors (Lipinski definition) is 8. The molecule has 0 aromatic carbocycles. The monoisotopic (exact) mass is 436 g/mol. The second-order valence-corrected chi connectivity index (χ2v) is 8.82. The molecule has 0 radical (unpaired) electrons. The number of esters is 1. The standard InChI is InChI=1S/C17H17BN2O7S2/c1-8-11(7-26-9(2)21)14(17(24)27-18)20-15(23)13(16(20)29(8)25)19-12(22)6-10-4-3-5-28-10/h3-5,13,16H,1,6-7,18H2,2H3,(H,19,22)/t13-,16-,29?/m1/s1. The van der Waals surface area contributed by atoms with E-state index in [1.807, 2.05) is 11.4 Å². The fourth-order valence-corrected chi connectivity index (χ4v) is 5.26. The van der Waals surface area contributed by atoms with E-state index in [1.165, 1.54) is 18.3 Å². The van der Waals surface area contributed by atoms with E-state index < -0.39 is 46.3 Å². The molecule has 2 aliphatic rings. The molecule has 2 aliphatic heterocycles. The van der Waals surface area contributed by atoms with Gasteiger partial charge in [0.15, 0.2) is 10.9 Å². The summed E-state index contributed by atoms with van der Waals surface area (Å²) in [5, 5.41) is 3.42. The van der Waals surface area contributed by atoms with E-state index in [1.54, 1.807) is 6.07 Å². The molecule has 0 aliphatic carbocycles. The zero-order valence-electron chi connectivity index (χ0n) is 15.6. The second kappa shape index (κ2) is 8.43. The predicted octanol–water partition coefficient (Wildman–Crippen LogP) is -0.872. The topological polar surface area (TPSA) is 125 Å². The lowest BCUT2D eigenvalue weighted by molar-refractivity contribution is -0.150. The fourth-order valence-electron chi connectivity index (χ4n) is 3.04. The van der Waals surface area contributed by atoms with Gasteiger partial charge in [-0.15, -0.1) is 11.3 Å². The molecular formula is C17H17BN2O7S2. The summed E-state index contributed by atoms with van der Waals surface area (Å²) in [5.41, 5.74) is -0.129. The summed E-state index contributed by atoms with van der Waals surface area (Å²) in [7, 11) is 1.13. The number of rotatable bonds is 6. The highest BCUT2D eigenvalue weighted by Gasteiger charge is 2.62. The van der Waals surface area contributed by atoms with Crippen LogP contribution >= 0.6 is 11.3 Å². The number of thiophene rings is 1. The van der Waals surface area contributed by atoms with Crippen LogP contribution in [-0.2, 0) is 46.2 Å². The average molecular weight is 436 g/mol. The molecule has 12 heteroatoms. The lowest BCUT2D eigenvalue weighted by Gasteiger charge is -2.49. The van der Waals surface area contributed by atoms with Crippen LogP contribution in [0.15, 0.2) is 40.3 Å². The van der Waals surface area contributed by atoms with Crippen LogP contribution in [0.3, 0.4) is 0 Å². The Morgan fingerprint density at radius 2 is 2.17 bits per heavy atom. The fraction of sp³-hybridized carbons (Fsp3) is 0.294. The van der Waals surface area contributed by atoms with E-state index in [-0.39, 0.29) is 29.2 Å². The minimum absolute atomic E-state index is 0.0397. The molecule has 9 nitrogen and oxygen atoms in total. The number of nitrogens with one attached hydrogen (secondary N) is 1. The van der Waals surface area contributed by atoms with Gasteiger partial charge in [0.05, 0.1) is 12.0 Å². The molecule has 1 saturated heterocycles. The number of hydrogen-bond donors (Lipinski definition) is 1. The van der Waals surface area contributed by atoms with Crippen LogP contribution in [0.5, 0.6) is 0 Å². The minimum atomic E-state index is -1.82. The third-order valence-corrected chi connectivity index (χ3v) is 6.93. The highest BCUT2D eigenvalue weighted by Crippen LogP contribution is 2.41. The summed E-state index contributed by atoms with van der Waals surface area (Å²) in [6.45, 7) is 4.53. The third kappa shape index (κ3) is 3.95. The first-order valence-electron chi connectivity index (χ1n) is 8.45. The Bertz CT molecular complexity index is 915. The van der Waals surface area contributed by atoms with E-state index in [2.05, 4.69) is 11.9 Å². The zero-order valence-corrected chi connectivity index (χ0v) is 17.3. The minimum Gasteiger partial charge on any atom is -0.610 e. The normalized spacial score (nSPS) is 23.2. The molecule has 0 bridgehead atoms. The molecule has 3 atom stereocenters. The van der Waals surface area contributed by atoms with Gasteiger partial charge in [0.1, 0.15) is 12.3 Å². The summed E-state index contributed by atoms with van der Waals surface area (Å²) >= 11 is -0.418. The van der Waals surface area contributed by atoms with Crippen molar-refractivity contribution in [2.45, 2.75) is 24.8 Å². The molecule has 0 spiro atoms. The van der Waals surface area contributed by atoms with Gasteiger partial charge in [-0.25, -0.2) is 4.79 Å². The highest BCUT2D eigenvalue weighted by molar-refractivity contribution is 7.96. The summed E-state index contributed by atoms with van der Waals surface area (Å²) < 4.78 is 22.5. The van der Waals surface area contributed by atoms with Crippen LogP contribution in [0.25, 0.3) is 0 Å². The van der Waals surface area contributed by atoms with E-state index >= 15 is 0 Å². The number of nitrogens with zero attached hydrogens (tertiary/aromatic N) is 1. The molecule has 1 N–H and O–H groups in total. The Kier molecular flexibility index (Phi) is 6.15. The quantitative estimate of drug-likeness (QED) is 0.266. The molecule has 1 unspecified atom stereocenters. The molecule has 29 heavy (non-hydrogen) atoms. The SMILES string of the molecule is BOC(=O)C1=C(COC(C)=O)C(=C)[S+]([O-])[C@@H]2[C@H](NC(=O)Cc3cccs3)C(=O)N12. The van der Waals surface area contributed by atoms with Gasteiger partial charge < -0.3 is 19.3 Å². The van der Waals surface area contributed by atoms with Gasteiger partial charge >= 0.3 is 20.0 Å². The number of β-lactam (4-membered cyclic amide) rings is 1. The van der Waals surface area contributed by atoms with Crippen LogP contribution in [0.2, 0.25) is 0 Å². The average Bonchev–Trinajstić information content (AvgIpc) is 3.18. The Morgan fingerprint density at radius 3 is 2.76 bits per heavy atom. The van der Waals surface area contributed by atoms with Gasteiger partial charge in [0, 0.05) is 23.0 Å². The molecule has 1 aromatic rings. The van der Waals surface area contributed by atoms with E-state index in [9.17, 15) is 23.7 Å². The van der Waals surface area contributed by atoms with Gasteiger partial charge in [0.25, 0.3) is 5.91 Å². The second-order valence-electron chi connectivity index (χ2n) is 6.22. The van der Waals surface area contributed by atoms with Gasteiger partial charge in [-0.3, -0.25) is 19.3 Å². The van der Waals surface area contributed by atoms with Gasteiger partial charge in [-0.2, -0.15) is 0 Å². The Hall–Kier alpha value is -2.57. The van der Waals surface area contributed by atoms with Crippen molar-refractivity contribution in [1.82, 2.24) is 10.2 Å². The lowest BCUT2D eigenvalue weighted by atomic mass is 10.0. The summed E-state index contributed by atoms with van der Waals surface area (Å²) in [4.78, 5) is 50.3. The van der Waals surface area contributed by atoms with Crippen molar-refractivity contribution in [3.63, 3.8) is 0 Å². The smallest absolute Gasteiger partial charge is 0.337 e. The van der Waals surface area contributed by atoms with Crippen molar-refractivity contribution in [3.05, 3.63) is 45.1 Å². The first-order valence-corrected chi connectivity index (χ1v) is 10.5.